The molecule has 0 spiro atoms. The Balaban J connectivity index is 1.38. The molecule has 0 aliphatic rings. The summed E-state index contributed by atoms with van der Waals surface area (Å²) in [6.45, 7) is 9.32. The lowest BCUT2D eigenvalue weighted by Crippen LogP contribution is -2.25. The van der Waals surface area contributed by atoms with Gasteiger partial charge < -0.3 is 15.2 Å². The number of nitrogens with zero attached hydrogens (tertiary/aromatic N) is 6. The van der Waals surface area contributed by atoms with Gasteiger partial charge in [0.25, 0.3) is 0 Å². The summed E-state index contributed by atoms with van der Waals surface area (Å²) in [5, 5.41) is 6.76. The van der Waals surface area contributed by atoms with E-state index in [-0.39, 0.29) is 17.8 Å². The third kappa shape index (κ3) is 5.27. The Kier molecular flexibility index (Phi) is 7.17. The molecule has 0 aliphatic heterocycles. The monoisotopic (exact) mass is 508 g/mol. The molecule has 0 aliphatic carbocycles. The molecule has 5 rings (SSSR count). The molecule has 3 heterocycles. The van der Waals surface area contributed by atoms with Crippen LogP contribution < -0.4 is 16.3 Å². The van der Waals surface area contributed by atoms with Gasteiger partial charge in [-0.05, 0) is 44.4 Å². The molecule has 0 amide bonds. The van der Waals surface area contributed by atoms with E-state index in [0.29, 0.717) is 24.7 Å². The number of hydrogen-bond acceptors (Lipinski definition) is 7. The van der Waals surface area contributed by atoms with E-state index in [2.05, 4.69) is 68.7 Å². The molecule has 38 heavy (non-hydrogen) atoms. The zero-order valence-electron chi connectivity index (χ0n) is 22.1. The molecule has 0 bridgehead atoms. The number of hydrogen-bond donors (Lipinski definition) is 2. The fourth-order valence-corrected chi connectivity index (χ4v) is 4.31. The predicted molar refractivity (Wildman–Crippen MR) is 151 cm³/mol. The maximum atomic E-state index is 12.7. The highest BCUT2D eigenvalue weighted by molar-refractivity contribution is 5.82. The van der Waals surface area contributed by atoms with Crippen molar-refractivity contribution in [1.82, 2.24) is 29.1 Å². The van der Waals surface area contributed by atoms with Gasteiger partial charge in [-0.1, -0.05) is 54.6 Å². The van der Waals surface area contributed by atoms with Crippen LogP contribution in [0.3, 0.4) is 0 Å². The molecule has 0 saturated heterocycles. The zero-order chi connectivity index (χ0) is 26.6. The maximum Gasteiger partial charge on any atom is 0.349 e. The summed E-state index contributed by atoms with van der Waals surface area (Å²) >= 11 is 0. The Labute approximate surface area is 221 Å². The molecular formula is C29H32N8O. The number of rotatable bonds is 9. The van der Waals surface area contributed by atoms with Gasteiger partial charge in [0.15, 0.2) is 11.5 Å². The fraction of sp³-hybridized carbons (Fsp3) is 0.276. The van der Waals surface area contributed by atoms with Crippen molar-refractivity contribution in [1.29, 1.82) is 0 Å². The minimum atomic E-state index is -0.267. The minimum Gasteiger partial charge on any atom is -0.365 e. The molecule has 0 atom stereocenters. The van der Waals surface area contributed by atoms with E-state index in [9.17, 15) is 4.79 Å². The third-order valence-electron chi connectivity index (χ3n) is 6.45. The van der Waals surface area contributed by atoms with E-state index in [1.165, 1.54) is 0 Å². The lowest BCUT2D eigenvalue weighted by atomic mass is 10.1. The SMILES string of the molecule is CC(C)n1cc(-c2ccc(CNc3ncnc4c3ncn4C(C)C)cc2)c(NCc2ccccc2)nc1=O. The lowest BCUT2D eigenvalue weighted by molar-refractivity contribution is 0.565. The van der Waals surface area contributed by atoms with Crippen molar-refractivity contribution < 1.29 is 0 Å². The first kappa shape index (κ1) is 25.1. The van der Waals surface area contributed by atoms with Gasteiger partial charge in [0.05, 0.1) is 6.33 Å². The van der Waals surface area contributed by atoms with Crippen LogP contribution in [0.25, 0.3) is 22.3 Å². The van der Waals surface area contributed by atoms with Crippen LogP contribution in [0.5, 0.6) is 0 Å². The lowest BCUT2D eigenvalue weighted by Gasteiger charge is -2.16. The van der Waals surface area contributed by atoms with Gasteiger partial charge >= 0.3 is 5.69 Å². The molecule has 9 heteroatoms. The summed E-state index contributed by atoms with van der Waals surface area (Å²) in [5.74, 6) is 1.28. The largest absolute Gasteiger partial charge is 0.365 e. The van der Waals surface area contributed by atoms with Crippen molar-refractivity contribution in [3.63, 3.8) is 0 Å². The highest BCUT2D eigenvalue weighted by atomic mass is 16.1. The molecule has 0 unspecified atom stereocenters. The normalized spacial score (nSPS) is 11.4. The molecular weight excluding hydrogens is 476 g/mol. The Morgan fingerprint density at radius 3 is 2.11 bits per heavy atom. The quantitative estimate of drug-likeness (QED) is 0.273. The molecule has 0 radical (unpaired) electrons. The number of benzene rings is 2. The Hall–Kier alpha value is -4.53. The average Bonchev–Trinajstić information content (AvgIpc) is 3.37. The highest BCUT2D eigenvalue weighted by Gasteiger charge is 2.14. The van der Waals surface area contributed by atoms with E-state index < -0.39 is 0 Å². The van der Waals surface area contributed by atoms with Crippen LogP contribution in [0.15, 0.2) is 78.2 Å². The summed E-state index contributed by atoms with van der Waals surface area (Å²) in [5.41, 5.74) is 5.37. The first-order valence-electron chi connectivity index (χ1n) is 12.8. The summed E-state index contributed by atoms with van der Waals surface area (Å²) in [4.78, 5) is 30.4. The number of nitrogens with one attached hydrogen (secondary N) is 2. The van der Waals surface area contributed by atoms with E-state index in [4.69, 9.17) is 0 Å². The van der Waals surface area contributed by atoms with E-state index in [1.807, 2.05) is 54.9 Å². The standard InChI is InChI=1S/C29H32N8O/c1-19(2)36-16-24(26(35-29(36)38)30-14-21-8-6-5-7-9-21)23-12-10-22(11-13-23)15-31-27-25-28(33-17-32-27)37(18-34-25)20(3)4/h5-13,16-20H,14-15H2,1-4H3,(H,30,35,38)(H,31,32,33). The molecule has 0 saturated carbocycles. The van der Waals surface area contributed by atoms with Gasteiger partial charge in [0.2, 0.25) is 0 Å². The van der Waals surface area contributed by atoms with Crippen LogP contribution in [0, 0.1) is 0 Å². The van der Waals surface area contributed by atoms with Gasteiger partial charge in [-0.3, -0.25) is 4.57 Å². The summed E-state index contributed by atoms with van der Waals surface area (Å²) < 4.78 is 3.69. The van der Waals surface area contributed by atoms with Crippen LogP contribution in [0.4, 0.5) is 11.6 Å². The van der Waals surface area contributed by atoms with Gasteiger partial charge in [0.1, 0.15) is 17.7 Å². The van der Waals surface area contributed by atoms with Crippen molar-refractivity contribution in [2.45, 2.75) is 52.9 Å². The van der Waals surface area contributed by atoms with Crippen LogP contribution in [-0.4, -0.2) is 29.1 Å². The number of fused-ring (bicyclic) bond motifs is 1. The Bertz CT molecular complexity index is 1590. The van der Waals surface area contributed by atoms with Crippen molar-refractivity contribution in [2.75, 3.05) is 10.6 Å². The topological polar surface area (TPSA) is 103 Å². The van der Waals surface area contributed by atoms with E-state index in [0.717, 1.165) is 33.4 Å². The maximum absolute atomic E-state index is 12.7. The molecule has 2 N–H and O–H groups in total. The van der Waals surface area contributed by atoms with E-state index in [1.54, 1.807) is 17.2 Å². The summed E-state index contributed by atoms with van der Waals surface area (Å²) in [6.07, 6.45) is 5.26. The average molecular weight is 509 g/mol. The highest BCUT2D eigenvalue weighted by Crippen LogP contribution is 2.27. The first-order chi connectivity index (χ1) is 18.4. The number of anilines is 2. The second-order valence-electron chi connectivity index (χ2n) is 9.82. The molecule has 2 aromatic carbocycles. The van der Waals surface area contributed by atoms with Gasteiger partial charge in [-0.15, -0.1) is 0 Å². The molecule has 5 aromatic rings. The fourth-order valence-electron chi connectivity index (χ4n) is 4.31. The van der Waals surface area contributed by atoms with Crippen LogP contribution in [-0.2, 0) is 13.1 Å². The first-order valence-corrected chi connectivity index (χ1v) is 12.8. The zero-order valence-corrected chi connectivity index (χ0v) is 22.1. The van der Waals surface area contributed by atoms with Crippen molar-refractivity contribution in [3.8, 4) is 11.1 Å². The van der Waals surface area contributed by atoms with Gasteiger partial charge in [-0.25, -0.2) is 19.7 Å². The van der Waals surface area contributed by atoms with Crippen molar-refractivity contribution in [3.05, 3.63) is 95.1 Å². The Morgan fingerprint density at radius 1 is 0.763 bits per heavy atom. The van der Waals surface area contributed by atoms with Gasteiger partial charge in [0, 0.05) is 36.9 Å². The second-order valence-corrected chi connectivity index (χ2v) is 9.82. The van der Waals surface area contributed by atoms with Crippen molar-refractivity contribution in [2.24, 2.45) is 0 Å². The minimum absolute atomic E-state index is 0.00395. The predicted octanol–water partition coefficient (Wildman–Crippen LogP) is 5.44. The molecule has 0 fully saturated rings. The van der Waals surface area contributed by atoms with E-state index >= 15 is 0 Å². The number of aromatic nitrogens is 6. The van der Waals surface area contributed by atoms with Crippen LogP contribution in [0.1, 0.15) is 50.9 Å². The Morgan fingerprint density at radius 2 is 1.42 bits per heavy atom. The third-order valence-corrected chi connectivity index (χ3v) is 6.45. The van der Waals surface area contributed by atoms with Crippen molar-refractivity contribution >= 4 is 22.8 Å². The van der Waals surface area contributed by atoms with Crippen LogP contribution >= 0.6 is 0 Å². The van der Waals surface area contributed by atoms with Gasteiger partial charge in [-0.2, -0.15) is 4.98 Å². The summed E-state index contributed by atoms with van der Waals surface area (Å²) in [6, 6.07) is 18.6. The summed E-state index contributed by atoms with van der Waals surface area (Å²) in [7, 11) is 0. The molecule has 3 aromatic heterocycles. The smallest absolute Gasteiger partial charge is 0.349 e. The molecule has 194 valence electrons. The number of imidazole rings is 1. The second kappa shape index (κ2) is 10.8. The molecule has 9 nitrogen and oxygen atoms in total. The van der Waals surface area contributed by atoms with Crippen LogP contribution in [0.2, 0.25) is 0 Å².